The number of ether oxygens (including phenoxy) is 1. The first kappa shape index (κ1) is 19.0. The van der Waals surface area contributed by atoms with Crippen molar-refractivity contribution in [2.24, 2.45) is 0 Å². The van der Waals surface area contributed by atoms with Gasteiger partial charge in [0.25, 0.3) is 0 Å². The largest absolute Gasteiger partial charge is 0.375 e. The highest BCUT2D eigenvalue weighted by Crippen LogP contribution is 2.24. The highest BCUT2D eigenvalue weighted by Gasteiger charge is 2.31. The van der Waals surface area contributed by atoms with E-state index in [1.54, 1.807) is 0 Å². The molecule has 1 unspecified atom stereocenters. The van der Waals surface area contributed by atoms with Crippen LogP contribution < -0.4 is 10.6 Å². The molecule has 0 aromatic rings. The Labute approximate surface area is 145 Å². The lowest BCUT2D eigenvalue weighted by atomic mass is 9.94. The minimum absolute atomic E-state index is 0.00369. The second-order valence-electron chi connectivity index (χ2n) is 7.73. The SMILES string of the molecule is CC(C)NC(=O)CN1CCN(C(=O)NC2CCOC(C)(C)C2)CC1. The summed E-state index contributed by atoms with van der Waals surface area (Å²) in [6.07, 6.45) is 1.71. The van der Waals surface area contributed by atoms with Gasteiger partial charge in [-0.3, -0.25) is 9.69 Å². The molecule has 0 spiro atoms. The lowest BCUT2D eigenvalue weighted by molar-refractivity contribution is -0.123. The molecule has 2 saturated heterocycles. The fraction of sp³-hybridized carbons (Fsp3) is 0.882. The molecule has 2 N–H and O–H groups in total. The van der Waals surface area contributed by atoms with Crippen molar-refractivity contribution in [1.29, 1.82) is 0 Å². The number of amides is 3. The third-order valence-corrected chi connectivity index (χ3v) is 4.50. The molecular weight excluding hydrogens is 308 g/mol. The predicted molar refractivity (Wildman–Crippen MR) is 92.9 cm³/mol. The van der Waals surface area contributed by atoms with Crippen molar-refractivity contribution in [3.63, 3.8) is 0 Å². The molecule has 0 aromatic carbocycles. The minimum atomic E-state index is -0.168. The Morgan fingerprint density at radius 2 is 1.88 bits per heavy atom. The molecule has 7 nitrogen and oxygen atoms in total. The number of piperazine rings is 1. The summed E-state index contributed by atoms with van der Waals surface area (Å²) in [5.74, 6) is 0.0485. The molecule has 138 valence electrons. The Hall–Kier alpha value is -1.34. The summed E-state index contributed by atoms with van der Waals surface area (Å²) in [5, 5.41) is 6.04. The van der Waals surface area contributed by atoms with Crippen molar-refractivity contribution < 1.29 is 14.3 Å². The van der Waals surface area contributed by atoms with Crippen molar-refractivity contribution >= 4 is 11.9 Å². The summed E-state index contributed by atoms with van der Waals surface area (Å²) >= 11 is 0. The van der Waals surface area contributed by atoms with Crippen LogP contribution in [0.25, 0.3) is 0 Å². The van der Waals surface area contributed by atoms with Crippen LogP contribution in [0.4, 0.5) is 4.79 Å². The maximum absolute atomic E-state index is 12.4. The molecule has 2 heterocycles. The summed E-state index contributed by atoms with van der Waals surface area (Å²) in [5.41, 5.74) is -0.168. The Balaban J connectivity index is 1.71. The van der Waals surface area contributed by atoms with Crippen molar-refractivity contribution in [2.75, 3.05) is 39.3 Å². The van der Waals surface area contributed by atoms with E-state index >= 15 is 0 Å². The van der Waals surface area contributed by atoms with Gasteiger partial charge < -0.3 is 20.3 Å². The summed E-state index contributed by atoms with van der Waals surface area (Å²) in [6.45, 7) is 11.9. The van der Waals surface area contributed by atoms with Crippen LogP contribution in [0.3, 0.4) is 0 Å². The number of rotatable bonds is 4. The third-order valence-electron chi connectivity index (χ3n) is 4.50. The van der Waals surface area contributed by atoms with Gasteiger partial charge in [-0.25, -0.2) is 4.79 Å². The van der Waals surface area contributed by atoms with E-state index in [1.807, 2.05) is 18.7 Å². The average Bonchev–Trinajstić information content (AvgIpc) is 2.45. The molecule has 0 bridgehead atoms. The zero-order valence-corrected chi connectivity index (χ0v) is 15.4. The second-order valence-corrected chi connectivity index (χ2v) is 7.73. The van der Waals surface area contributed by atoms with E-state index in [4.69, 9.17) is 4.74 Å². The monoisotopic (exact) mass is 340 g/mol. The van der Waals surface area contributed by atoms with E-state index in [2.05, 4.69) is 29.4 Å². The summed E-state index contributed by atoms with van der Waals surface area (Å²) in [6, 6.07) is 0.341. The molecule has 24 heavy (non-hydrogen) atoms. The van der Waals surface area contributed by atoms with E-state index in [0.29, 0.717) is 26.2 Å². The van der Waals surface area contributed by atoms with Gasteiger partial charge >= 0.3 is 6.03 Å². The van der Waals surface area contributed by atoms with Gasteiger partial charge in [-0.05, 0) is 40.5 Å². The summed E-state index contributed by atoms with van der Waals surface area (Å²) in [7, 11) is 0. The fourth-order valence-corrected chi connectivity index (χ4v) is 3.30. The van der Waals surface area contributed by atoms with Crippen LogP contribution in [0.1, 0.15) is 40.5 Å². The molecule has 0 radical (unpaired) electrons. The van der Waals surface area contributed by atoms with Crippen LogP contribution in [0.15, 0.2) is 0 Å². The number of nitrogens with zero attached hydrogens (tertiary/aromatic N) is 2. The molecule has 0 aromatic heterocycles. The molecule has 2 rings (SSSR count). The first-order chi connectivity index (χ1) is 11.2. The van der Waals surface area contributed by atoms with E-state index in [9.17, 15) is 9.59 Å². The predicted octanol–water partition coefficient (Wildman–Crippen LogP) is 0.796. The maximum Gasteiger partial charge on any atom is 0.317 e. The van der Waals surface area contributed by atoms with Crippen molar-refractivity contribution in [3.8, 4) is 0 Å². The average molecular weight is 340 g/mol. The van der Waals surface area contributed by atoms with E-state index in [0.717, 1.165) is 25.9 Å². The van der Waals surface area contributed by atoms with Crippen LogP contribution >= 0.6 is 0 Å². The lowest BCUT2D eigenvalue weighted by Crippen LogP contribution is -2.56. The maximum atomic E-state index is 12.4. The number of urea groups is 1. The first-order valence-corrected chi connectivity index (χ1v) is 8.96. The molecule has 0 saturated carbocycles. The van der Waals surface area contributed by atoms with Crippen molar-refractivity contribution in [3.05, 3.63) is 0 Å². The number of hydrogen-bond acceptors (Lipinski definition) is 4. The first-order valence-electron chi connectivity index (χ1n) is 8.96. The van der Waals surface area contributed by atoms with Crippen molar-refractivity contribution in [1.82, 2.24) is 20.4 Å². The van der Waals surface area contributed by atoms with Crippen molar-refractivity contribution in [2.45, 2.75) is 58.2 Å². The molecule has 2 aliphatic rings. The van der Waals surface area contributed by atoms with Gasteiger partial charge in [0.05, 0.1) is 12.1 Å². The van der Waals surface area contributed by atoms with Crippen LogP contribution in [0, 0.1) is 0 Å². The number of hydrogen-bond donors (Lipinski definition) is 2. The van der Waals surface area contributed by atoms with Gasteiger partial charge in [0.2, 0.25) is 5.91 Å². The fourth-order valence-electron chi connectivity index (χ4n) is 3.30. The topological polar surface area (TPSA) is 73.9 Å². The Morgan fingerprint density at radius 1 is 1.21 bits per heavy atom. The normalized spacial score (nSPS) is 24.7. The second kappa shape index (κ2) is 8.16. The highest BCUT2D eigenvalue weighted by atomic mass is 16.5. The number of carbonyl (C=O) groups excluding carboxylic acids is 2. The van der Waals surface area contributed by atoms with E-state index in [1.165, 1.54) is 0 Å². The standard InChI is InChI=1S/C17H32N4O3/c1-13(2)18-15(22)12-20-6-8-21(9-7-20)16(23)19-14-5-10-24-17(3,4)11-14/h13-14H,5-12H2,1-4H3,(H,18,22)(H,19,23). The van der Waals surface area contributed by atoms with Gasteiger partial charge in [-0.15, -0.1) is 0 Å². The quantitative estimate of drug-likeness (QED) is 0.794. The molecule has 1 atom stereocenters. The van der Waals surface area contributed by atoms with Gasteiger partial charge in [0.1, 0.15) is 0 Å². The van der Waals surface area contributed by atoms with Gasteiger partial charge in [0, 0.05) is 44.9 Å². The minimum Gasteiger partial charge on any atom is -0.375 e. The van der Waals surface area contributed by atoms with E-state index in [-0.39, 0.29) is 29.6 Å². The highest BCUT2D eigenvalue weighted by molar-refractivity contribution is 5.78. The van der Waals surface area contributed by atoms with Crippen LogP contribution in [-0.2, 0) is 9.53 Å². The molecule has 0 aliphatic carbocycles. The number of carbonyl (C=O) groups is 2. The summed E-state index contributed by atoms with van der Waals surface area (Å²) in [4.78, 5) is 28.2. The Kier molecular flexibility index (Phi) is 6.46. The summed E-state index contributed by atoms with van der Waals surface area (Å²) < 4.78 is 5.69. The molecular formula is C17H32N4O3. The van der Waals surface area contributed by atoms with Crippen LogP contribution in [0.5, 0.6) is 0 Å². The zero-order chi connectivity index (χ0) is 17.7. The molecule has 2 fully saturated rings. The zero-order valence-electron chi connectivity index (χ0n) is 15.4. The number of nitrogens with one attached hydrogen (secondary N) is 2. The molecule has 7 heteroatoms. The van der Waals surface area contributed by atoms with Crippen LogP contribution in [0.2, 0.25) is 0 Å². The van der Waals surface area contributed by atoms with Crippen LogP contribution in [-0.4, -0.2) is 78.8 Å². The van der Waals surface area contributed by atoms with Gasteiger partial charge in [-0.2, -0.15) is 0 Å². The molecule has 3 amide bonds. The van der Waals surface area contributed by atoms with Gasteiger partial charge in [-0.1, -0.05) is 0 Å². The Morgan fingerprint density at radius 3 is 2.46 bits per heavy atom. The Bertz CT molecular complexity index is 445. The van der Waals surface area contributed by atoms with Gasteiger partial charge in [0.15, 0.2) is 0 Å². The lowest BCUT2D eigenvalue weighted by Gasteiger charge is -2.38. The third kappa shape index (κ3) is 5.94. The molecule has 2 aliphatic heterocycles. The smallest absolute Gasteiger partial charge is 0.317 e. The van der Waals surface area contributed by atoms with E-state index < -0.39 is 0 Å².